The van der Waals surface area contributed by atoms with E-state index in [0.29, 0.717) is 16.3 Å². The number of carbonyl (C=O) groups excluding carboxylic acids is 1. The molecule has 2 aromatic rings. The second kappa shape index (κ2) is 8.43. The number of carbonyl (C=O) groups is 1. The van der Waals surface area contributed by atoms with Crippen LogP contribution in [0.5, 0.6) is 5.75 Å². The van der Waals surface area contributed by atoms with Gasteiger partial charge in [0.1, 0.15) is 5.75 Å². The summed E-state index contributed by atoms with van der Waals surface area (Å²) in [5.41, 5.74) is 2.36. The predicted octanol–water partition coefficient (Wildman–Crippen LogP) is 2.33. The highest BCUT2D eigenvalue weighted by Gasteiger charge is 2.19. The summed E-state index contributed by atoms with van der Waals surface area (Å²) in [6, 6.07) is 13.0. The van der Waals surface area contributed by atoms with Gasteiger partial charge in [0.25, 0.3) is 5.91 Å². The Morgan fingerprint density at radius 1 is 1.19 bits per heavy atom. The number of quaternary nitrogens is 1. The first-order valence-corrected chi connectivity index (χ1v) is 9.32. The van der Waals surface area contributed by atoms with Crippen LogP contribution >= 0.6 is 11.6 Å². The molecule has 0 bridgehead atoms. The standard InChI is InChI=1S/C20H24ClN3O2/c1-3-23-10-12-24(13-11-23)17-7-5-16(6-8-17)22-20(25)18-14-15(21)4-9-19(18)26-2/h4-9,14H,3,10-13H2,1-2H3,(H,22,25)/p+1. The summed E-state index contributed by atoms with van der Waals surface area (Å²) in [5, 5.41) is 3.41. The molecule has 1 aliphatic rings. The number of ether oxygens (including phenoxy) is 1. The molecule has 1 saturated heterocycles. The summed E-state index contributed by atoms with van der Waals surface area (Å²) in [4.78, 5) is 16.6. The van der Waals surface area contributed by atoms with E-state index in [4.69, 9.17) is 16.3 Å². The largest absolute Gasteiger partial charge is 0.496 e. The lowest BCUT2D eigenvalue weighted by Crippen LogP contribution is -3.14. The molecule has 1 fully saturated rings. The van der Waals surface area contributed by atoms with Gasteiger partial charge in [-0.2, -0.15) is 0 Å². The van der Waals surface area contributed by atoms with E-state index in [9.17, 15) is 4.79 Å². The number of hydrogen-bond acceptors (Lipinski definition) is 3. The second-order valence-corrected chi connectivity index (χ2v) is 6.87. The van der Waals surface area contributed by atoms with Gasteiger partial charge in [0.2, 0.25) is 0 Å². The molecule has 0 aliphatic carbocycles. The zero-order valence-electron chi connectivity index (χ0n) is 15.2. The SMILES string of the molecule is CC[NH+]1CCN(c2ccc(NC(=O)c3cc(Cl)ccc3OC)cc2)CC1. The van der Waals surface area contributed by atoms with Gasteiger partial charge >= 0.3 is 0 Å². The molecule has 138 valence electrons. The zero-order valence-corrected chi connectivity index (χ0v) is 16.0. The van der Waals surface area contributed by atoms with Crippen molar-refractivity contribution in [3.63, 3.8) is 0 Å². The lowest BCUT2D eigenvalue weighted by atomic mass is 10.1. The summed E-state index contributed by atoms with van der Waals surface area (Å²) in [5.74, 6) is 0.261. The fourth-order valence-corrected chi connectivity index (χ4v) is 3.42. The van der Waals surface area contributed by atoms with E-state index in [1.54, 1.807) is 23.1 Å². The molecular formula is C20H25ClN3O2+. The number of piperazine rings is 1. The van der Waals surface area contributed by atoms with Crippen molar-refractivity contribution in [3.8, 4) is 5.75 Å². The lowest BCUT2D eigenvalue weighted by Gasteiger charge is -2.33. The molecule has 0 spiro atoms. The molecule has 3 rings (SSSR count). The van der Waals surface area contributed by atoms with E-state index >= 15 is 0 Å². The van der Waals surface area contributed by atoms with Crippen molar-refractivity contribution in [3.05, 3.63) is 53.1 Å². The van der Waals surface area contributed by atoms with E-state index < -0.39 is 0 Å². The Hall–Kier alpha value is -2.24. The first kappa shape index (κ1) is 18.5. The molecule has 26 heavy (non-hydrogen) atoms. The molecule has 0 saturated carbocycles. The van der Waals surface area contributed by atoms with Crippen molar-refractivity contribution in [1.29, 1.82) is 0 Å². The number of likely N-dealkylation sites (N-methyl/N-ethyl adjacent to an activating group) is 1. The van der Waals surface area contributed by atoms with Crippen LogP contribution in [0.3, 0.4) is 0 Å². The molecule has 2 N–H and O–H groups in total. The van der Waals surface area contributed by atoms with Crippen LogP contribution in [0, 0.1) is 0 Å². The third-order valence-corrected chi connectivity index (χ3v) is 5.10. The number of anilines is 2. The Morgan fingerprint density at radius 3 is 2.50 bits per heavy atom. The van der Waals surface area contributed by atoms with E-state index in [2.05, 4.69) is 29.3 Å². The maximum Gasteiger partial charge on any atom is 0.259 e. The minimum absolute atomic E-state index is 0.239. The minimum Gasteiger partial charge on any atom is -0.496 e. The van der Waals surface area contributed by atoms with Crippen molar-refractivity contribution in [2.45, 2.75) is 6.92 Å². The van der Waals surface area contributed by atoms with Crippen molar-refractivity contribution in [2.24, 2.45) is 0 Å². The molecule has 1 heterocycles. The summed E-state index contributed by atoms with van der Waals surface area (Å²) in [6.45, 7) is 7.89. The highest BCUT2D eigenvalue weighted by molar-refractivity contribution is 6.31. The van der Waals surface area contributed by atoms with Crippen LogP contribution in [0.2, 0.25) is 5.02 Å². The first-order valence-electron chi connectivity index (χ1n) is 8.94. The number of halogens is 1. The van der Waals surface area contributed by atoms with Crippen LogP contribution in [-0.4, -0.2) is 45.7 Å². The maximum atomic E-state index is 12.5. The topological polar surface area (TPSA) is 46.0 Å². The average molecular weight is 375 g/mol. The maximum absolute atomic E-state index is 12.5. The summed E-state index contributed by atoms with van der Waals surface area (Å²) >= 11 is 6.01. The number of benzene rings is 2. The number of methoxy groups -OCH3 is 1. The minimum atomic E-state index is -0.239. The average Bonchev–Trinajstić information content (AvgIpc) is 2.68. The fraction of sp³-hybridized carbons (Fsp3) is 0.350. The molecule has 1 aliphatic heterocycles. The lowest BCUT2D eigenvalue weighted by molar-refractivity contribution is -0.898. The van der Waals surface area contributed by atoms with Gasteiger partial charge in [-0.25, -0.2) is 0 Å². The smallest absolute Gasteiger partial charge is 0.259 e. The Labute approximate surface area is 159 Å². The number of amides is 1. The number of nitrogens with zero attached hydrogens (tertiary/aromatic N) is 1. The first-order chi connectivity index (χ1) is 12.6. The Kier molecular flexibility index (Phi) is 6.01. The van der Waals surface area contributed by atoms with Crippen LogP contribution in [0.25, 0.3) is 0 Å². The number of nitrogens with one attached hydrogen (secondary N) is 2. The normalized spacial score (nSPS) is 15.0. The van der Waals surface area contributed by atoms with Gasteiger partial charge < -0.3 is 19.9 Å². The molecule has 5 nitrogen and oxygen atoms in total. The molecule has 6 heteroatoms. The summed E-state index contributed by atoms with van der Waals surface area (Å²) in [6.07, 6.45) is 0. The van der Waals surface area contributed by atoms with Gasteiger partial charge in [-0.3, -0.25) is 4.79 Å². The quantitative estimate of drug-likeness (QED) is 0.844. The van der Waals surface area contributed by atoms with Crippen LogP contribution in [-0.2, 0) is 0 Å². The molecule has 0 aromatic heterocycles. The Morgan fingerprint density at radius 2 is 1.88 bits per heavy atom. The van der Waals surface area contributed by atoms with E-state index in [-0.39, 0.29) is 5.91 Å². The molecule has 0 unspecified atom stereocenters. The van der Waals surface area contributed by atoms with Gasteiger partial charge in [-0.15, -0.1) is 0 Å². The predicted molar refractivity (Wildman–Crippen MR) is 106 cm³/mol. The Bertz CT molecular complexity index is 756. The highest BCUT2D eigenvalue weighted by Crippen LogP contribution is 2.24. The molecule has 2 aromatic carbocycles. The van der Waals surface area contributed by atoms with Crippen LogP contribution in [0.1, 0.15) is 17.3 Å². The van der Waals surface area contributed by atoms with Gasteiger partial charge in [-0.1, -0.05) is 11.6 Å². The van der Waals surface area contributed by atoms with E-state index in [1.807, 2.05) is 12.1 Å². The monoisotopic (exact) mass is 374 g/mol. The van der Waals surface area contributed by atoms with E-state index in [1.165, 1.54) is 32.4 Å². The van der Waals surface area contributed by atoms with Crippen molar-refractivity contribution in [1.82, 2.24) is 0 Å². The van der Waals surface area contributed by atoms with Crippen molar-refractivity contribution in [2.75, 3.05) is 50.1 Å². The van der Waals surface area contributed by atoms with Crippen LogP contribution in [0.15, 0.2) is 42.5 Å². The van der Waals surface area contributed by atoms with Crippen LogP contribution < -0.4 is 19.9 Å². The molecule has 0 radical (unpaired) electrons. The highest BCUT2D eigenvalue weighted by atomic mass is 35.5. The van der Waals surface area contributed by atoms with Gasteiger partial charge in [0.05, 0.1) is 45.4 Å². The van der Waals surface area contributed by atoms with Crippen molar-refractivity contribution >= 4 is 28.9 Å². The third kappa shape index (κ3) is 4.29. The van der Waals surface area contributed by atoms with E-state index in [0.717, 1.165) is 18.8 Å². The molecular weight excluding hydrogens is 350 g/mol. The van der Waals surface area contributed by atoms with Gasteiger partial charge in [0.15, 0.2) is 0 Å². The summed E-state index contributed by atoms with van der Waals surface area (Å²) in [7, 11) is 1.54. The molecule has 1 amide bonds. The third-order valence-electron chi connectivity index (χ3n) is 4.87. The number of rotatable bonds is 5. The second-order valence-electron chi connectivity index (χ2n) is 6.44. The summed E-state index contributed by atoms with van der Waals surface area (Å²) < 4.78 is 5.25. The van der Waals surface area contributed by atoms with Gasteiger partial charge in [0, 0.05) is 16.4 Å². The van der Waals surface area contributed by atoms with Crippen molar-refractivity contribution < 1.29 is 14.4 Å². The number of hydrogen-bond donors (Lipinski definition) is 2. The van der Waals surface area contributed by atoms with Gasteiger partial charge in [-0.05, 0) is 49.4 Å². The Balaban J connectivity index is 1.66. The fourth-order valence-electron chi connectivity index (χ4n) is 3.25. The van der Waals surface area contributed by atoms with Crippen LogP contribution in [0.4, 0.5) is 11.4 Å². The molecule has 0 atom stereocenters. The zero-order chi connectivity index (χ0) is 18.5.